The second-order valence-electron chi connectivity index (χ2n) is 4.19. The van der Waals surface area contributed by atoms with Gasteiger partial charge in [0.05, 0.1) is 20.3 Å². The summed E-state index contributed by atoms with van der Waals surface area (Å²) in [5, 5.41) is 5.93. The number of nitrogens with one attached hydrogen (secondary N) is 2. The summed E-state index contributed by atoms with van der Waals surface area (Å²) < 4.78 is 10.2. The van der Waals surface area contributed by atoms with Crippen molar-refractivity contribution < 1.29 is 14.3 Å². The van der Waals surface area contributed by atoms with E-state index in [1.54, 1.807) is 14.2 Å². The Morgan fingerprint density at radius 1 is 1.32 bits per heavy atom. The van der Waals surface area contributed by atoms with Crippen LogP contribution in [0.25, 0.3) is 0 Å². The molecule has 0 aliphatic rings. The summed E-state index contributed by atoms with van der Waals surface area (Å²) in [6, 6.07) is 7.82. The van der Waals surface area contributed by atoms with Crippen molar-refractivity contribution in [2.45, 2.75) is 13.0 Å². The van der Waals surface area contributed by atoms with E-state index in [2.05, 4.69) is 10.6 Å². The third-order valence-electron chi connectivity index (χ3n) is 2.80. The average molecular weight is 266 g/mol. The van der Waals surface area contributed by atoms with E-state index in [0.29, 0.717) is 13.2 Å². The van der Waals surface area contributed by atoms with Crippen molar-refractivity contribution in [2.24, 2.45) is 0 Å². The van der Waals surface area contributed by atoms with Crippen LogP contribution in [-0.2, 0) is 9.53 Å². The molecule has 0 bridgehead atoms. The first kappa shape index (κ1) is 15.5. The van der Waals surface area contributed by atoms with Crippen LogP contribution in [0.3, 0.4) is 0 Å². The number of benzene rings is 1. The number of para-hydroxylation sites is 1. The molecule has 5 nitrogen and oxygen atoms in total. The molecule has 0 fully saturated rings. The molecule has 19 heavy (non-hydrogen) atoms. The predicted molar refractivity (Wildman–Crippen MR) is 74.3 cm³/mol. The zero-order valence-electron chi connectivity index (χ0n) is 11.7. The monoisotopic (exact) mass is 266 g/mol. The van der Waals surface area contributed by atoms with Gasteiger partial charge >= 0.3 is 0 Å². The highest BCUT2D eigenvalue weighted by Gasteiger charge is 2.11. The van der Waals surface area contributed by atoms with Crippen LogP contribution in [0.2, 0.25) is 0 Å². The Labute approximate surface area is 114 Å². The van der Waals surface area contributed by atoms with Crippen LogP contribution in [0.4, 0.5) is 0 Å². The molecule has 0 aliphatic heterocycles. The maximum atomic E-state index is 11.5. The molecule has 0 saturated carbocycles. The second kappa shape index (κ2) is 8.50. The van der Waals surface area contributed by atoms with Gasteiger partial charge in [0.15, 0.2) is 0 Å². The van der Waals surface area contributed by atoms with Crippen molar-refractivity contribution in [3.63, 3.8) is 0 Å². The Morgan fingerprint density at radius 3 is 2.74 bits per heavy atom. The summed E-state index contributed by atoms with van der Waals surface area (Å²) in [5.74, 6) is 0.779. The van der Waals surface area contributed by atoms with Crippen LogP contribution in [-0.4, -0.2) is 39.8 Å². The topological polar surface area (TPSA) is 59.6 Å². The zero-order valence-corrected chi connectivity index (χ0v) is 11.7. The van der Waals surface area contributed by atoms with Crippen LogP contribution >= 0.6 is 0 Å². The lowest BCUT2D eigenvalue weighted by atomic mass is 10.1. The Kier molecular flexibility index (Phi) is 6.92. The largest absolute Gasteiger partial charge is 0.496 e. The van der Waals surface area contributed by atoms with Crippen molar-refractivity contribution in [1.82, 2.24) is 10.6 Å². The van der Waals surface area contributed by atoms with E-state index >= 15 is 0 Å². The lowest BCUT2D eigenvalue weighted by Gasteiger charge is -2.17. The molecule has 1 rings (SSSR count). The summed E-state index contributed by atoms with van der Waals surface area (Å²) in [4.78, 5) is 11.5. The number of carbonyl (C=O) groups excluding carboxylic acids is 1. The molecule has 1 aromatic carbocycles. The van der Waals surface area contributed by atoms with Gasteiger partial charge in [-0.1, -0.05) is 18.2 Å². The molecule has 1 amide bonds. The first-order chi connectivity index (χ1) is 9.19. The van der Waals surface area contributed by atoms with Crippen LogP contribution < -0.4 is 15.4 Å². The zero-order chi connectivity index (χ0) is 14.1. The van der Waals surface area contributed by atoms with Crippen LogP contribution in [0.5, 0.6) is 5.75 Å². The van der Waals surface area contributed by atoms with E-state index in [1.807, 2.05) is 31.2 Å². The SMILES string of the molecule is COCCNC(=O)CNC(C)c1ccccc1OC. The fraction of sp³-hybridized carbons (Fsp3) is 0.500. The molecule has 5 heteroatoms. The van der Waals surface area contributed by atoms with Crippen molar-refractivity contribution in [3.8, 4) is 5.75 Å². The summed E-state index contributed by atoms with van der Waals surface area (Å²) >= 11 is 0. The third kappa shape index (κ3) is 5.28. The minimum absolute atomic E-state index is 0.0428. The van der Waals surface area contributed by atoms with E-state index < -0.39 is 0 Å². The van der Waals surface area contributed by atoms with Crippen molar-refractivity contribution >= 4 is 5.91 Å². The van der Waals surface area contributed by atoms with Gasteiger partial charge in [0.1, 0.15) is 5.75 Å². The third-order valence-corrected chi connectivity index (χ3v) is 2.80. The Hall–Kier alpha value is -1.59. The highest BCUT2D eigenvalue weighted by atomic mass is 16.5. The number of methoxy groups -OCH3 is 2. The number of rotatable bonds is 8. The van der Waals surface area contributed by atoms with Crippen molar-refractivity contribution in [2.75, 3.05) is 33.9 Å². The first-order valence-electron chi connectivity index (χ1n) is 6.31. The normalized spacial score (nSPS) is 11.9. The lowest BCUT2D eigenvalue weighted by Crippen LogP contribution is -2.36. The average Bonchev–Trinajstić information content (AvgIpc) is 2.45. The molecule has 2 N–H and O–H groups in total. The molecule has 0 spiro atoms. The first-order valence-corrected chi connectivity index (χ1v) is 6.31. The van der Waals surface area contributed by atoms with E-state index in [1.165, 1.54) is 0 Å². The Balaban J connectivity index is 2.42. The molecule has 1 atom stereocenters. The fourth-order valence-electron chi connectivity index (χ4n) is 1.73. The predicted octanol–water partition coefficient (Wildman–Crippen LogP) is 1.11. The molecular weight excluding hydrogens is 244 g/mol. The molecular formula is C14H22N2O3. The minimum atomic E-state index is -0.0428. The van der Waals surface area contributed by atoms with Gasteiger partial charge < -0.3 is 20.1 Å². The standard InChI is InChI=1S/C14H22N2O3/c1-11(12-6-4-5-7-13(12)19-3)16-10-14(17)15-8-9-18-2/h4-7,11,16H,8-10H2,1-3H3,(H,15,17). The van der Waals surface area contributed by atoms with E-state index in [-0.39, 0.29) is 18.5 Å². The smallest absolute Gasteiger partial charge is 0.234 e. The Morgan fingerprint density at radius 2 is 2.05 bits per heavy atom. The van der Waals surface area contributed by atoms with Crippen LogP contribution in [0, 0.1) is 0 Å². The summed E-state index contributed by atoms with van der Waals surface area (Å²) in [6.45, 7) is 3.32. The molecule has 0 heterocycles. The molecule has 0 aliphatic carbocycles. The maximum absolute atomic E-state index is 11.5. The number of carbonyl (C=O) groups is 1. The minimum Gasteiger partial charge on any atom is -0.496 e. The van der Waals surface area contributed by atoms with Gasteiger partial charge in [-0.2, -0.15) is 0 Å². The summed E-state index contributed by atoms with van der Waals surface area (Å²) in [7, 11) is 3.25. The van der Waals surface area contributed by atoms with E-state index in [0.717, 1.165) is 11.3 Å². The fourth-order valence-corrected chi connectivity index (χ4v) is 1.73. The maximum Gasteiger partial charge on any atom is 0.234 e. The van der Waals surface area contributed by atoms with Gasteiger partial charge in [-0.3, -0.25) is 4.79 Å². The van der Waals surface area contributed by atoms with Gasteiger partial charge in [0, 0.05) is 25.3 Å². The molecule has 1 aromatic rings. The summed E-state index contributed by atoms with van der Waals surface area (Å²) in [5.41, 5.74) is 1.04. The summed E-state index contributed by atoms with van der Waals surface area (Å²) in [6.07, 6.45) is 0. The van der Waals surface area contributed by atoms with Crippen molar-refractivity contribution in [1.29, 1.82) is 0 Å². The number of amides is 1. The van der Waals surface area contributed by atoms with Gasteiger partial charge in [0.2, 0.25) is 5.91 Å². The number of ether oxygens (including phenoxy) is 2. The number of hydrogen-bond donors (Lipinski definition) is 2. The Bertz CT molecular complexity index is 396. The number of hydrogen-bond acceptors (Lipinski definition) is 4. The molecule has 0 saturated heterocycles. The van der Waals surface area contributed by atoms with Crippen LogP contribution in [0.15, 0.2) is 24.3 Å². The van der Waals surface area contributed by atoms with Gasteiger partial charge in [-0.05, 0) is 13.0 Å². The highest BCUT2D eigenvalue weighted by molar-refractivity contribution is 5.78. The highest BCUT2D eigenvalue weighted by Crippen LogP contribution is 2.23. The molecule has 106 valence electrons. The van der Waals surface area contributed by atoms with Gasteiger partial charge in [0.25, 0.3) is 0 Å². The molecule has 1 unspecified atom stereocenters. The lowest BCUT2D eigenvalue weighted by molar-refractivity contribution is -0.120. The second-order valence-corrected chi connectivity index (χ2v) is 4.19. The molecule has 0 aromatic heterocycles. The van der Waals surface area contributed by atoms with E-state index in [4.69, 9.17) is 9.47 Å². The van der Waals surface area contributed by atoms with Crippen LogP contribution in [0.1, 0.15) is 18.5 Å². The molecule has 0 radical (unpaired) electrons. The van der Waals surface area contributed by atoms with Gasteiger partial charge in [-0.15, -0.1) is 0 Å². The van der Waals surface area contributed by atoms with Crippen molar-refractivity contribution in [3.05, 3.63) is 29.8 Å². The van der Waals surface area contributed by atoms with E-state index in [9.17, 15) is 4.79 Å². The van der Waals surface area contributed by atoms with Gasteiger partial charge in [-0.25, -0.2) is 0 Å². The quantitative estimate of drug-likeness (QED) is 0.692.